The summed E-state index contributed by atoms with van der Waals surface area (Å²) in [6, 6.07) is 0. The lowest BCUT2D eigenvalue weighted by molar-refractivity contribution is 0.726. The van der Waals surface area contributed by atoms with Crippen LogP contribution in [0.15, 0.2) is 24.3 Å². The lowest BCUT2D eigenvalue weighted by Gasteiger charge is -2.02. The zero-order valence-electron chi connectivity index (χ0n) is 7.04. The summed E-state index contributed by atoms with van der Waals surface area (Å²) in [4.78, 5) is 0. The molecule has 0 fully saturated rings. The summed E-state index contributed by atoms with van der Waals surface area (Å²) >= 11 is 0. The fourth-order valence-corrected chi connectivity index (χ4v) is 0.604. The van der Waals surface area contributed by atoms with Crippen LogP contribution in [-0.4, -0.2) is 13.1 Å². The molecule has 58 valence electrons. The van der Waals surface area contributed by atoms with Crippen molar-refractivity contribution in [3.8, 4) is 0 Å². The average Bonchev–Trinajstić information content (AvgIpc) is 1.79. The van der Waals surface area contributed by atoms with Crippen LogP contribution in [0.3, 0.4) is 0 Å². The highest BCUT2D eigenvalue weighted by Crippen LogP contribution is 1.92. The fourth-order valence-electron chi connectivity index (χ4n) is 0.604. The number of rotatable bonds is 5. The molecule has 0 amide bonds. The maximum Gasteiger partial charge on any atom is 0.0159 e. The van der Waals surface area contributed by atoms with Crippen LogP contribution in [0.1, 0.15) is 20.3 Å². The lowest BCUT2D eigenvalue weighted by Crippen LogP contribution is -2.17. The highest BCUT2D eigenvalue weighted by Gasteiger charge is 1.87. The molecule has 1 N–H and O–H groups in total. The minimum absolute atomic E-state index is 0.924. The smallest absolute Gasteiger partial charge is 0.0159 e. The second-order valence-electron chi connectivity index (χ2n) is 2.84. The molecule has 0 aliphatic heterocycles. The van der Waals surface area contributed by atoms with Crippen molar-refractivity contribution in [3.63, 3.8) is 0 Å². The molecule has 0 aromatic heterocycles. The SMILES string of the molecule is C=C(C)CCNCC(=C)C. The first kappa shape index (κ1) is 9.44. The van der Waals surface area contributed by atoms with Crippen LogP contribution >= 0.6 is 0 Å². The molecule has 0 aromatic carbocycles. The van der Waals surface area contributed by atoms with Crippen LogP contribution < -0.4 is 5.32 Å². The van der Waals surface area contributed by atoms with Crippen molar-refractivity contribution in [2.75, 3.05) is 13.1 Å². The van der Waals surface area contributed by atoms with E-state index in [1.807, 2.05) is 13.8 Å². The van der Waals surface area contributed by atoms with Gasteiger partial charge in [0.25, 0.3) is 0 Å². The summed E-state index contributed by atoms with van der Waals surface area (Å²) < 4.78 is 0. The Morgan fingerprint density at radius 2 is 1.80 bits per heavy atom. The maximum absolute atomic E-state index is 3.81. The van der Waals surface area contributed by atoms with Crippen LogP contribution in [0.5, 0.6) is 0 Å². The third-order valence-electron chi connectivity index (χ3n) is 1.16. The van der Waals surface area contributed by atoms with E-state index in [1.54, 1.807) is 0 Å². The largest absolute Gasteiger partial charge is 0.313 e. The molecule has 0 atom stereocenters. The maximum atomic E-state index is 3.81. The van der Waals surface area contributed by atoms with Crippen molar-refractivity contribution in [2.45, 2.75) is 20.3 Å². The standard InChI is InChI=1S/C9H17N/c1-8(2)5-6-10-7-9(3)4/h10H,1,3,5-7H2,2,4H3. The van der Waals surface area contributed by atoms with E-state index >= 15 is 0 Å². The molecule has 10 heavy (non-hydrogen) atoms. The van der Waals surface area contributed by atoms with Crippen LogP contribution in [0, 0.1) is 0 Å². The second kappa shape index (κ2) is 5.24. The Balaban J connectivity index is 3.06. The van der Waals surface area contributed by atoms with Gasteiger partial charge in [-0.05, 0) is 26.8 Å². The zero-order valence-corrected chi connectivity index (χ0v) is 7.04. The Bertz CT molecular complexity index is 109. The molecule has 0 aliphatic carbocycles. The van der Waals surface area contributed by atoms with E-state index in [0.29, 0.717) is 0 Å². The number of nitrogens with one attached hydrogen (secondary N) is 1. The van der Waals surface area contributed by atoms with E-state index < -0.39 is 0 Å². The molecular formula is C9H17N. The third kappa shape index (κ3) is 7.44. The Morgan fingerprint density at radius 3 is 2.20 bits per heavy atom. The van der Waals surface area contributed by atoms with E-state index in [0.717, 1.165) is 19.5 Å². The summed E-state index contributed by atoms with van der Waals surface area (Å²) in [5, 5.41) is 3.26. The van der Waals surface area contributed by atoms with Crippen molar-refractivity contribution < 1.29 is 0 Å². The van der Waals surface area contributed by atoms with E-state index in [4.69, 9.17) is 0 Å². The minimum Gasteiger partial charge on any atom is -0.313 e. The van der Waals surface area contributed by atoms with Gasteiger partial charge in [0.1, 0.15) is 0 Å². The molecule has 0 saturated heterocycles. The van der Waals surface area contributed by atoms with Crippen molar-refractivity contribution in [3.05, 3.63) is 24.3 Å². The van der Waals surface area contributed by atoms with Crippen molar-refractivity contribution in [1.82, 2.24) is 5.32 Å². The molecule has 0 bridgehead atoms. The molecular weight excluding hydrogens is 122 g/mol. The van der Waals surface area contributed by atoms with E-state index in [-0.39, 0.29) is 0 Å². The van der Waals surface area contributed by atoms with Gasteiger partial charge in [-0.25, -0.2) is 0 Å². The van der Waals surface area contributed by atoms with Crippen molar-refractivity contribution >= 4 is 0 Å². The van der Waals surface area contributed by atoms with Gasteiger partial charge in [0.2, 0.25) is 0 Å². The van der Waals surface area contributed by atoms with Crippen LogP contribution in [-0.2, 0) is 0 Å². The van der Waals surface area contributed by atoms with Gasteiger partial charge in [0.05, 0.1) is 0 Å². The van der Waals surface area contributed by atoms with E-state index in [9.17, 15) is 0 Å². The summed E-state index contributed by atoms with van der Waals surface area (Å²) in [5.41, 5.74) is 2.41. The van der Waals surface area contributed by atoms with Crippen LogP contribution in [0.25, 0.3) is 0 Å². The minimum atomic E-state index is 0.924. The number of hydrogen-bond acceptors (Lipinski definition) is 1. The molecule has 0 spiro atoms. The Kier molecular flexibility index (Phi) is 4.95. The highest BCUT2D eigenvalue weighted by atomic mass is 14.8. The van der Waals surface area contributed by atoms with Gasteiger partial charge >= 0.3 is 0 Å². The van der Waals surface area contributed by atoms with Gasteiger partial charge in [-0.2, -0.15) is 0 Å². The molecule has 0 aromatic rings. The van der Waals surface area contributed by atoms with Crippen molar-refractivity contribution in [2.24, 2.45) is 0 Å². The highest BCUT2D eigenvalue weighted by molar-refractivity contribution is 4.92. The summed E-state index contributed by atoms with van der Waals surface area (Å²) in [5.74, 6) is 0. The average molecular weight is 139 g/mol. The fraction of sp³-hybridized carbons (Fsp3) is 0.556. The Labute approximate surface area is 63.8 Å². The van der Waals surface area contributed by atoms with Gasteiger partial charge in [-0.3, -0.25) is 0 Å². The molecule has 0 unspecified atom stereocenters. The predicted octanol–water partition coefficient (Wildman–Crippen LogP) is 2.12. The lowest BCUT2D eigenvalue weighted by atomic mass is 10.2. The quantitative estimate of drug-likeness (QED) is 0.454. The molecule has 1 nitrogen and oxygen atoms in total. The third-order valence-corrected chi connectivity index (χ3v) is 1.16. The zero-order chi connectivity index (χ0) is 7.98. The second-order valence-corrected chi connectivity index (χ2v) is 2.84. The molecule has 0 aliphatic rings. The van der Waals surface area contributed by atoms with E-state index in [1.165, 1.54) is 11.1 Å². The first-order chi connectivity index (χ1) is 4.63. The van der Waals surface area contributed by atoms with Gasteiger partial charge in [-0.1, -0.05) is 17.7 Å². The molecule has 0 heterocycles. The Morgan fingerprint density at radius 1 is 1.20 bits per heavy atom. The van der Waals surface area contributed by atoms with Gasteiger partial charge in [0.15, 0.2) is 0 Å². The molecule has 0 saturated carbocycles. The molecule has 0 radical (unpaired) electrons. The monoisotopic (exact) mass is 139 g/mol. The molecule has 1 heteroatoms. The summed E-state index contributed by atoms with van der Waals surface area (Å²) in [6.07, 6.45) is 1.06. The van der Waals surface area contributed by atoms with Crippen molar-refractivity contribution in [1.29, 1.82) is 0 Å². The topological polar surface area (TPSA) is 12.0 Å². The number of hydrogen-bond donors (Lipinski definition) is 1. The van der Waals surface area contributed by atoms with Gasteiger partial charge in [-0.15, -0.1) is 6.58 Å². The summed E-state index contributed by atoms with van der Waals surface area (Å²) in [6.45, 7) is 13.6. The first-order valence-electron chi connectivity index (χ1n) is 3.62. The molecule has 0 rings (SSSR count). The van der Waals surface area contributed by atoms with Crippen LogP contribution in [0.2, 0.25) is 0 Å². The van der Waals surface area contributed by atoms with Gasteiger partial charge < -0.3 is 5.32 Å². The van der Waals surface area contributed by atoms with Gasteiger partial charge in [0, 0.05) is 6.54 Å². The first-order valence-corrected chi connectivity index (χ1v) is 3.62. The summed E-state index contributed by atoms with van der Waals surface area (Å²) in [7, 11) is 0. The van der Waals surface area contributed by atoms with E-state index in [2.05, 4.69) is 18.5 Å². The van der Waals surface area contributed by atoms with Crippen LogP contribution in [0.4, 0.5) is 0 Å². The Hall–Kier alpha value is -0.560. The predicted molar refractivity (Wildman–Crippen MR) is 47.1 cm³/mol. The normalized spacial score (nSPS) is 9.40.